The van der Waals surface area contributed by atoms with Gasteiger partial charge in [0.2, 0.25) is 0 Å². The highest BCUT2D eigenvalue weighted by Gasteiger charge is 2.33. The molecule has 6 aromatic rings. The topological polar surface area (TPSA) is 121 Å². The summed E-state index contributed by atoms with van der Waals surface area (Å²) in [6, 6.07) is 31.3. The van der Waals surface area contributed by atoms with E-state index in [0.29, 0.717) is 66.6 Å². The van der Waals surface area contributed by atoms with Crippen LogP contribution in [0.5, 0.6) is 0 Å². The molecule has 0 fully saturated rings. The van der Waals surface area contributed by atoms with Crippen molar-refractivity contribution in [1.29, 1.82) is 0 Å². The van der Waals surface area contributed by atoms with Crippen molar-refractivity contribution in [3.8, 4) is 17.1 Å². The first-order chi connectivity index (χ1) is 29.2. The third kappa shape index (κ3) is 11.1. The molecule has 0 unspecified atom stereocenters. The molecule has 18 heteroatoms. The maximum Gasteiger partial charge on any atom is 0.285 e. The molecule has 7 rings (SSSR count). The zero-order valence-electron chi connectivity index (χ0n) is 32.7. The van der Waals surface area contributed by atoms with Gasteiger partial charge in [0.05, 0.1) is 29.3 Å². The largest absolute Gasteiger partial charge is 0.338 e. The van der Waals surface area contributed by atoms with E-state index in [1.807, 2.05) is 30.5 Å². The summed E-state index contributed by atoms with van der Waals surface area (Å²) in [6.45, 7) is 5.29. The number of halogens is 6. The van der Waals surface area contributed by atoms with Crippen molar-refractivity contribution in [2.24, 2.45) is 9.50 Å². The second-order valence-corrected chi connectivity index (χ2v) is 17.0. The first kappa shape index (κ1) is 45.5. The summed E-state index contributed by atoms with van der Waals surface area (Å²) >= 11 is 30.3. The van der Waals surface area contributed by atoms with Crippen LogP contribution in [-0.4, -0.2) is 72.2 Å². The molecule has 61 heavy (non-hydrogen) atoms. The van der Waals surface area contributed by atoms with Gasteiger partial charge in [0.1, 0.15) is 17.3 Å². The first-order valence-corrected chi connectivity index (χ1v) is 21.9. The number of nitrogens with one attached hydrogen (secondary N) is 1. The number of aromatic nitrogens is 2. The van der Waals surface area contributed by atoms with Crippen LogP contribution in [0.4, 0.5) is 4.39 Å². The zero-order chi connectivity index (χ0) is 43.8. The van der Waals surface area contributed by atoms with Gasteiger partial charge in [0.25, 0.3) is 21.9 Å². The average molecular weight is 944 g/mol. The number of hydrogen-bond donors (Lipinski definition) is 1. The van der Waals surface area contributed by atoms with Gasteiger partial charge in [0.15, 0.2) is 0 Å². The monoisotopic (exact) mass is 941 g/mol. The average Bonchev–Trinajstić information content (AvgIpc) is 3.88. The van der Waals surface area contributed by atoms with Crippen molar-refractivity contribution in [1.82, 2.24) is 24.9 Å². The van der Waals surface area contributed by atoms with Crippen molar-refractivity contribution in [2.45, 2.75) is 24.7 Å². The Bertz CT molecular complexity index is 2680. The lowest BCUT2D eigenvalue weighted by molar-refractivity contribution is 0.0767. The number of hydrazone groups is 1. The second-order valence-electron chi connectivity index (χ2n) is 13.2. The molecule has 0 radical (unpaired) electrons. The van der Waals surface area contributed by atoms with Crippen molar-refractivity contribution < 1.29 is 22.4 Å². The van der Waals surface area contributed by atoms with E-state index in [0.717, 1.165) is 11.3 Å². The van der Waals surface area contributed by atoms with E-state index in [9.17, 15) is 17.6 Å². The van der Waals surface area contributed by atoms with Gasteiger partial charge in [-0.25, -0.2) is 19.9 Å². The number of sulfonamides is 1. The molecule has 316 valence electrons. The van der Waals surface area contributed by atoms with Crippen LogP contribution in [0.2, 0.25) is 25.1 Å². The number of hydroxylamine groups is 1. The van der Waals surface area contributed by atoms with E-state index < -0.39 is 10.0 Å². The van der Waals surface area contributed by atoms with Crippen LogP contribution in [0, 0.1) is 5.82 Å². The highest BCUT2D eigenvalue weighted by Crippen LogP contribution is 2.33. The standard InChI is InChI=1S/C23H19Cl2FN4O3S.C20H18Cl3N3O/c1-33-28-23(29-34(31,32)20-11-9-18(25)10-12-20)30-14-21(16-3-2-4-19(26)13-16)22(27-30)15-5-7-17(24)8-6-15;1-3-25(4-2)20(27)18-12-26(15-8-5-13(21)6-9-15)19(24-18)16-10-7-14(22)11-17(16)23/h2-13,21H,14H2,1H3,(H,28,29);5-12H,3-4H2,1-2H3/t21-;/m1./s1. The third-order valence-electron chi connectivity index (χ3n) is 9.31. The molecular formula is C43H37Cl5FN7O4S. The summed E-state index contributed by atoms with van der Waals surface area (Å²) in [5.74, 6) is -0.476. The predicted octanol–water partition coefficient (Wildman–Crippen LogP) is 10.8. The SMILES string of the molecule is CCN(CC)C(=O)c1cn(-c2ccc(Cl)cc2)c(-c2ccc(Cl)cc2Cl)n1.CONC(=NS(=O)(=O)c1ccc(Cl)cc1)N1C[C@H](c2cccc(F)c2)C(c2ccc(Cl)cc2)=N1. The molecule has 1 amide bonds. The minimum atomic E-state index is -4.11. The molecule has 0 bridgehead atoms. The van der Waals surface area contributed by atoms with Crippen LogP contribution in [0.25, 0.3) is 17.1 Å². The van der Waals surface area contributed by atoms with Crippen LogP contribution in [0.15, 0.2) is 136 Å². The molecule has 1 aliphatic heterocycles. The van der Waals surface area contributed by atoms with Gasteiger partial charge in [-0.15, -0.1) is 4.40 Å². The number of imidazole rings is 1. The minimum Gasteiger partial charge on any atom is -0.338 e. The minimum absolute atomic E-state index is 0.0462. The van der Waals surface area contributed by atoms with E-state index in [1.165, 1.54) is 48.5 Å². The van der Waals surface area contributed by atoms with Gasteiger partial charge in [-0.1, -0.05) is 82.3 Å². The molecule has 5 aromatic carbocycles. The number of nitrogens with zero attached hydrogens (tertiary/aromatic N) is 6. The van der Waals surface area contributed by atoms with Crippen LogP contribution in [0.1, 0.15) is 41.4 Å². The summed E-state index contributed by atoms with van der Waals surface area (Å²) in [4.78, 5) is 24.1. The van der Waals surface area contributed by atoms with Crippen LogP contribution in [-0.2, 0) is 14.9 Å². The molecule has 1 aromatic heterocycles. The molecule has 2 heterocycles. The van der Waals surface area contributed by atoms with Gasteiger partial charge in [-0.2, -0.15) is 13.5 Å². The Kier molecular flexibility index (Phi) is 15.1. The maximum atomic E-state index is 14.0. The Labute approximate surface area is 378 Å². The Morgan fingerprint density at radius 3 is 2.05 bits per heavy atom. The summed E-state index contributed by atoms with van der Waals surface area (Å²) in [5, 5.41) is 8.56. The van der Waals surface area contributed by atoms with Crippen molar-refractivity contribution in [2.75, 3.05) is 26.7 Å². The Morgan fingerprint density at radius 2 is 1.46 bits per heavy atom. The summed E-state index contributed by atoms with van der Waals surface area (Å²) in [6.07, 6.45) is 1.73. The lowest BCUT2D eigenvalue weighted by atomic mass is 9.90. The molecule has 1 aliphatic rings. The molecule has 0 aliphatic carbocycles. The first-order valence-electron chi connectivity index (χ1n) is 18.6. The normalized spacial score (nSPS) is 14.0. The van der Waals surface area contributed by atoms with Crippen LogP contribution < -0.4 is 5.48 Å². The molecule has 0 saturated heterocycles. The molecular weight excluding hydrogens is 907 g/mol. The molecule has 11 nitrogen and oxygen atoms in total. The van der Waals surface area contributed by atoms with Crippen molar-refractivity contribution >= 4 is 85.6 Å². The molecule has 0 saturated carbocycles. The quantitative estimate of drug-likeness (QED) is 0.0824. The molecule has 0 spiro atoms. The maximum absolute atomic E-state index is 14.0. The fraction of sp³-hybridized carbons (Fsp3) is 0.163. The number of carbonyl (C=O) groups is 1. The number of guanidine groups is 1. The van der Waals surface area contributed by atoms with Gasteiger partial charge in [0, 0.05) is 56.5 Å². The smallest absolute Gasteiger partial charge is 0.285 e. The Morgan fingerprint density at radius 1 is 0.852 bits per heavy atom. The Balaban J connectivity index is 0.000000210. The van der Waals surface area contributed by atoms with E-state index in [1.54, 1.807) is 77.8 Å². The van der Waals surface area contributed by atoms with Crippen LogP contribution in [0.3, 0.4) is 0 Å². The van der Waals surface area contributed by atoms with E-state index in [2.05, 4.69) is 20.0 Å². The van der Waals surface area contributed by atoms with Crippen molar-refractivity contribution in [3.63, 3.8) is 0 Å². The number of rotatable bonds is 10. The highest BCUT2D eigenvalue weighted by atomic mass is 35.5. The molecule has 1 atom stereocenters. The van der Waals surface area contributed by atoms with Gasteiger partial charge in [-0.3, -0.25) is 14.2 Å². The van der Waals surface area contributed by atoms with Crippen molar-refractivity contribution in [3.05, 3.63) is 169 Å². The van der Waals surface area contributed by atoms with Gasteiger partial charge >= 0.3 is 0 Å². The fourth-order valence-electron chi connectivity index (χ4n) is 6.30. The predicted molar refractivity (Wildman–Crippen MR) is 241 cm³/mol. The van der Waals surface area contributed by atoms with E-state index >= 15 is 0 Å². The lowest BCUT2D eigenvalue weighted by Crippen LogP contribution is -2.38. The van der Waals surface area contributed by atoms with E-state index in [-0.39, 0.29) is 35.0 Å². The highest BCUT2D eigenvalue weighted by molar-refractivity contribution is 7.90. The second kappa shape index (κ2) is 20.3. The number of hydrogen-bond acceptors (Lipinski definition) is 6. The van der Waals surface area contributed by atoms with Gasteiger partial charge in [-0.05, 0) is 116 Å². The third-order valence-corrected chi connectivity index (χ3v) is 11.9. The zero-order valence-corrected chi connectivity index (χ0v) is 37.3. The van der Waals surface area contributed by atoms with Crippen LogP contribution >= 0.6 is 58.0 Å². The summed E-state index contributed by atoms with van der Waals surface area (Å²) in [7, 11) is -2.79. The molecule has 1 N–H and O–H groups in total. The summed E-state index contributed by atoms with van der Waals surface area (Å²) in [5.41, 5.74) is 6.38. The summed E-state index contributed by atoms with van der Waals surface area (Å²) < 4.78 is 45.5. The van der Waals surface area contributed by atoms with E-state index in [4.69, 9.17) is 62.8 Å². The number of carbonyl (C=O) groups excluding carboxylic acids is 1. The lowest BCUT2D eigenvalue weighted by Gasteiger charge is -2.18. The number of amides is 1. The number of benzene rings is 5. The Hall–Kier alpha value is -4.99. The van der Waals surface area contributed by atoms with Gasteiger partial charge < -0.3 is 4.90 Å². The fourth-order valence-corrected chi connectivity index (χ4v) is 8.11.